The molecule has 2 aromatic heterocycles. The van der Waals surface area contributed by atoms with Gasteiger partial charge >= 0.3 is 6.09 Å². The summed E-state index contributed by atoms with van der Waals surface area (Å²) in [4.78, 5) is 18.0. The smallest absolute Gasteiger partial charge is 0.410 e. The molecule has 3 rings (SSSR count). The van der Waals surface area contributed by atoms with Crippen LogP contribution in [-0.4, -0.2) is 51.4 Å². The number of likely N-dealkylation sites (N-methyl/N-ethyl adjacent to an activating group) is 1. The van der Waals surface area contributed by atoms with E-state index in [0.29, 0.717) is 29.4 Å². The van der Waals surface area contributed by atoms with Crippen LogP contribution in [0.5, 0.6) is 11.6 Å². The van der Waals surface area contributed by atoms with E-state index >= 15 is 0 Å². The van der Waals surface area contributed by atoms with E-state index in [1.54, 1.807) is 43.0 Å². The minimum atomic E-state index is -0.574. The van der Waals surface area contributed by atoms with E-state index in [4.69, 9.17) is 14.2 Å². The van der Waals surface area contributed by atoms with Crippen molar-refractivity contribution in [3.8, 4) is 11.6 Å². The van der Waals surface area contributed by atoms with Crippen molar-refractivity contribution in [2.24, 2.45) is 0 Å². The zero-order chi connectivity index (χ0) is 23.5. The summed E-state index contributed by atoms with van der Waals surface area (Å²) in [5.74, 6) is 0.460. The van der Waals surface area contributed by atoms with E-state index in [2.05, 4.69) is 32.7 Å². The number of carbonyl (C=O) groups is 1. The molecule has 1 unspecified atom stereocenters. The molecule has 32 heavy (non-hydrogen) atoms. The summed E-state index contributed by atoms with van der Waals surface area (Å²) in [7, 11) is 1.63. The summed E-state index contributed by atoms with van der Waals surface area (Å²) in [5.41, 5.74) is 0.640. The van der Waals surface area contributed by atoms with Crippen LogP contribution in [0.15, 0.2) is 36.7 Å². The highest BCUT2D eigenvalue weighted by Crippen LogP contribution is 2.30. The van der Waals surface area contributed by atoms with Crippen molar-refractivity contribution >= 4 is 34.3 Å². The van der Waals surface area contributed by atoms with E-state index in [-0.39, 0.29) is 6.61 Å². The minimum absolute atomic E-state index is 0.208. The number of carbonyl (C=O) groups excluding carboxylic acids is 1. The highest BCUT2D eigenvalue weighted by molar-refractivity contribution is 14.1. The first-order valence-corrected chi connectivity index (χ1v) is 11.1. The Morgan fingerprint density at radius 1 is 1.31 bits per heavy atom. The fourth-order valence-corrected chi connectivity index (χ4v) is 3.32. The second-order valence-electron chi connectivity index (χ2n) is 8.22. The number of hydrogen-bond acceptors (Lipinski definition) is 6. The number of aromatic nitrogens is 3. The van der Waals surface area contributed by atoms with Crippen LogP contribution in [0.25, 0.3) is 5.65 Å². The molecule has 1 aromatic carbocycles. The molecule has 8 nitrogen and oxygen atoms in total. The lowest BCUT2D eigenvalue weighted by Gasteiger charge is -2.25. The van der Waals surface area contributed by atoms with Crippen molar-refractivity contribution in [1.29, 1.82) is 0 Å². The number of amides is 1. The maximum absolute atomic E-state index is 14.0. The molecular weight excluding hydrogens is 530 g/mol. The Kier molecular flexibility index (Phi) is 7.42. The highest BCUT2D eigenvalue weighted by Gasteiger charge is 2.20. The molecule has 0 bridgehead atoms. The van der Waals surface area contributed by atoms with Crippen molar-refractivity contribution < 1.29 is 23.4 Å². The summed E-state index contributed by atoms with van der Waals surface area (Å²) >= 11 is 2.15. The largest absolute Gasteiger partial charge is 0.491 e. The summed E-state index contributed by atoms with van der Waals surface area (Å²) in [5, 5.41) is 4.19. The number of benzene rings is 1. The number of nitrogens with zero attached hydrogens (tertiary/aromatic N) is 4. The first kappa shape index (κ1) is 24.0. The number of hydrogen-bond donors (Lipinski definition) is 0. The van der Waals surface area contributed by atoms with Gasteiger partial charge in [0.15, 0.2) is 5.65 Å². The van der Waals surface area contributed by atoms with Crippen molar-refractivity contribution in [3.63, 3.8) is 0 Å². The SMILES string of the molecule is CC(Oc1ccn2ncc(I)c2n1)c1cc(F)ccc1OCCN(C)C(=O)OC(C)(C)C. The fourth-order valence-electron chi connectivity index (χ4n) is 2.83. The van der Waals surface area contributed by atoms with Crippen LogP contribution in [0.3, 0.4) is 0 Å². The Morgan fingerprint density at radius 3 is 2.78 bits per heavy atom. The van der Waals surface area contributed by atoms with Gasteiger partial charge in [-0.3, -0.25) is 0 Å². The van der Waals surface area contributed by atoms with Gasteiger partial charge in [-0.25, -0.2) is 13.7 Å². The number of fused-ring (bicyclic) bond motifs is 1. The molecule has 0 aliphatic rings. The molecule has 1 amide bonds. The first-order valence-electron chi connectivity index (χ1n) is 10.1. The van der Waals surface area contributed by atoms with Gasteiger partial charge in [-0.15, -0.1) is 0 Å². The Hall–Kier alpha value is -2.63. The lowest BCUT2D eigenvalue weighted by Crippen LogP contribution is -2.36. The molecule has 0 saturated heterocycles. The minimum Gasteiger partial charge on any atom is -0.491 e. The molecule has 0 N–H and O–H groups in total. The normalized spacial score (nSPS) is 12.5. The molecule has 0 saturated carbocycles. The van der Waals surface area contributed by atoms with Crippen LogP contribution in [0.4, 0.5) is 9.18 Å². The third kappa shape index (κ3) is 6.21. The van der Waals surface area contributed by atoms with Gasteiger partial charge in [0.25, 0.3) is 0 Å². The van der Waals surface area contributed by atoms with Crippen LogP contribution in [0, 0.1) is 9.39 Å². The lowest BCUT2D eigenvalue weighted by molar-refractivity contribution is 0.0277. The van der Waals surface area contributed by atoms with Gasteiger partial charge in [0, 0.05) is 24.9 Å². The fraction of sp³-hybridized carbons (Fsp3) is 0.409. The number of rotatable bonds is 7. The maximum atomic E-state index is 14.0. The maximum Gasteiger partial charge on any atom is 0.410 e. The Balaban J connectivity index is 1.67. The number of ether oxygens (including phenoxy) is 3. The number of halogens is 2. The quantitative estimate of drug-likeness (QED) is 0.387. The summed E-state index contributed by atoms with van der Waals surface area (Å²) < 4.78 is 33.7. The molecule has 0 aliphatic carbocycles. The van der Waals surface area contributed by atoms with E-state index in [9.17, 15) is 9.18 Å². The Labute approximate surface area is 199 Å². The predicted octanol–water partition coefficient (Wildman–Crippen LogP) is 4.86. The lowest BCUT2D eigenvalue weighted by atomic mass is 10.1. The van der Waals surface area contributed by atoms with Gasteiger partial charge in [-0.1, -0.05) is 0 Å². The van der Waals surface area contributed by atoms with Crippen molar-refractivity contribution in [3.05, 3.63) is 51.6 Å². The second kappa shape index (κ2) is 9.88. The molecule has 10 heteroatoms. The van der Waals surface area contributed by atoms with Gasteiger partial charge in [-0.2, -0.15) is 10.1 Å². The van der Waals surface area contributed by atoms with Crippen LogP contribution in [0.2, 0.25) is 0 Å². The zero-order valence-corrected chi connectivity index (χ0v) is 20.8. The first-order chi connectivity index (χ1) is 15.0. The molecule has 3 aromatic rings. The molecule has 172 valence electrons. The van der Waals surface area contributed by atoms with E-state index in [0.717, 1.165) is 3.57 Å². The topological polar surface area (TPSA) is 78.2 Å². The zero-order valence-electron chi connectivity index (χ0n) is 18.6. The van der Waals surface area contributed by atoms with Gasteiger partial charge < -0.3 is 19.1 Å². The molecule has 1 atom stereocenters. The van der Waals surface area contributed by atoms with Crippen molar-refractivity contribution in [1.82, 2.24) is 19.5 Å². The van der Waals surface area contributed by atoms with Gasteiger partial charge in [0.1, 0.15) is 29.9 Å². The monoisotopic (exact) mass is 556 g/mol. The van der Waals surface area contributed by atoms with Crippen LogP contribution in [0.1, 0.15) is 39.4 Å². The van der Waals surface area contributed by atoms with E-state index in [1.807, 2.05) is 20.8 Å². The molecular formula is C22H26FIN4O4. The highest BCUT2D eigenvalue weighted by atomic mass is 127. The molecule has 0 radical (unpaired) electrons. The summed E-state index contributed by atoms with van der Waals surface area (Å²) in [6, 6.07) is 5.94. The second-order valence-corrected chi connectivity index (χ2v) is 9.38. The molecule has 0 spiro atoms. The van der Waals surface area contributed by atoms with Crippen molar-refractivity contribution in [2.75, 3.05) is 20.2 Å². The Morgan fingerprint density at radius 2 is 2.06 bits per heavy atom. The van der Waals surface area contributed by atoms with Gasteiger partial charge in [0.2, 0.25) is 5.88 Å². The average molecular weight is 556 g/mol. The summed E-state index contributed by atoms with van der Waals surface area (Å²) in [6.45, 7) is 7.73. The molecule has 0 fully saturated rings. The van der Waals surface area contributed by atoms with Crippen LogP contribution < -0.4 is 9.47 Å². The Bertz CT molecular complexity index is 1100. The van der Waals surface area contributed by atoms with Gasteiger partial charge in [-0.05, 0) is 68.5 Å². The van der Waals surface area contributed by atoms with E-state index < -0.39 is 23.6 Å². The predicted molar refractivity (Wildman–Crippen MR) is 126 cm³/mol. The third-order valence-electron chi connectivity index (χ3n) is 4.40. The van der Waals surface area contributed by atoms with Crippen molar-refractivity contribution in [2.45, 2.75) is 39.4 Å². The van der Waals surface area contributed by atoms with Crippen LogP contribution in [-0.2, 0) is 4.74 Å². The summed E-state index contributed by atoms with van der Waals surface area (Å²) in [6.07, 6.45) is 2.50. The third-order valence-corrected chi connectivity index (χ3v) is 5.16. The van der Waals surface area contributed by atoms with Gasteiger partial charge in [0.05, 0.1) is 16.3 Å². The van der Waals surface area contributed by atoms with E-state index in [1.165, 1.54) is 17.0 Å². The molecule has 0 aliphatic heterocycles. The standard InChI is InChI=1S/C22H26FIN4O4/c1-14(31-19-8-9-28-20(26-19)17(24)13-25-28)16-12-15(23)6-7-18(16)30-11-10-27(5)21(29)32-22(2,3)4/h6-9,12-14H,10-11H2,1-5H3. The van der Waals surface area contributed by atoms with Crippen LogP contribution >= 0.6 is 22.6 Å². The average Bonchev–Trinajstić information content (AvgIpc) is 3.08. The molecule has 2 heterocycles.